The molecule has 0 radical (unpaired) electrons. The highest BCUT2D eigenvalue weighted by Gasteiger charge is 2.36. The number of hydrogen-bond donors (Lipinski definition) is 4. The van der Waals surface area contributed by atoms with Gasteiger partial charge in [0.15, 0.2) is 0 Å². The van der Waals surface area contributed by atoms with Crippen LogP contribution < -0.4 is 10.6 Å². The summed E-state index contributed by atoms with van der Waals surface area (Å²) in [6.07, 6.45) is 5.41. The molecule has 7 nitrogen and oxygen atoms in total. The number of hydrogen-bond acceptors (Lipinski definition) is 4. The Morgan fingerprint density at radius 2 is 1.90 bits per heavy atom. The van der Waals surface area contributed by atoms with Crippen LogP contribution >= 0.6 is 0 Å². The summed E-state index contributed by atoms with van der Waals surface area (Å²) in [6.45, 7) is -0.268. The third-order valence-electron chi connectivity index (χ3n) is 4.70. The van der Waals surface area contributed by atoms with Gasteiger partial charge in [-0.3, -0.25) is 0 Å². The van der Waals surface area contributed by atoms with E-state index in [0.29, 0.717) is 12.1 Å². The molecule has 4 N–H and O–H groups in total. The highest BCUT2D eigenvalue weighted by atomic mass is 16.4. The Morgan fingerprint density at radius 1 is 1.29 bits per heavy atom. The molecule has 0 aromatic carbocycles. The van der Waals surface area contributed by atoms with Gasteiger partial charge in [-0.05, 0) is 32.7 Å². The Labute approximate surface area is 124 Å². The van der Waals surface area contributed by atoms with Gasteiger partial charge in [-0.15, -0.1) is 0 Å². The molecule has 0 saturated carbocycles. The molecule has 2 bridgehead atoms. The number of aliphatic hydroxyl groups is 1. The van der Waals surface area contributed by atoms with Gasteiger partial charge in [-0.25, -0.2) is 9.59 Å². The first-order valence-electron chi connectivity index (χ1n) is 7.64. The van der Waals surface area contributed by atoms with Gasteiger partial charge in [0.25, 0.3) is 0 Å². The van der Waals surface area contributed by atoms with Crippen LogP contribution in [-0.2, 0) is 4.79 Å². The average Bonchev–Trinajstić information content (AvgIpc) is 2.39. The number of nitrogens with zero attached hydrogens (tertiary/aromatic N) is 1. The molecule has 2 heterocycles. The summed E-state index contributed by atoms with van der Waals surface area (Å²) in [4.78, 5) is 25.3. The zero-order valence-electron chi connectivity index (χ0n) is 12.4. The monoisotopic (exact) mass is 299 g/mol. The molecule has 2 aliphatic rings. The van der Waals surface area contributed by atoms with E-state index in [1.54, 1.807) is 0 Å². The van der Waals surface area contributed by atoms with E-state index in [-0.39, 0.29) is 19.1 Å². The molecule has 2 rings (SSSR count). The van der Waals surface area contributed by atoms with Crippen molar-refractivity contribution >= 4 is 12.0 Å². The van der Waals surface area contributed by atoms with Crippen LogP contribution in [0, 0.1) is 0 Å². The lowest BCUT2D eigenvalue weighted by atomic mass is 9.82. The first-order valence-corrected chi connectivity index (χ1v) is 7.64. The Bertz CT molecular complexity index is 376. The Kier molecular flexibility index (Phi) is 5.41. The molecule has 3 unspecified atom stereocenters. The zero-order chi connectivity index (χ0) is 15.4. The third kappa shape index (κ3) is 4.07. The fraction of sp³-hybridized carbons (Fsp3) is 0.857. The van der Waals surface area contributed by atoms with Crippen molar-refractivity contribution in [1.29, 1.82) is 0 Å². The smallest absolute Gasteiger partial charge is 0.326 e. The minimum atomic E-state index is -1.13. The van der Waals surface area contributed by atoms with Crippen LogP contribution in [0.15, 0.2) is 0 Å². The van der Waals surface area contributed by atoms with Crippen molar-refractivity contribution in [2.75, 3.05) is 13.7 Å². The second-order valence-corrected chi connectivity index (χ2v) is 6.09. The third-order valence-corrected chi connectivity index (χ3v) is 4.70. The van der Waals surface area contributed by atoms with Crippen LogP contribution in [0.3, 0.4) is 0 Å². The summed E-state index contributed by atoms with van der Waals surface area (Å²) in [5.74, 6) is -1.13. The van der Waals surface area contributed by atoms with Crippen molar-refractivity contribution < 1.29 is 19.8 Å². The van der Waals surface area contributed by atoms with Gasteiger partial charge in [0.05, 0.1) is 0 Å². The molecule has 0 aromatic heterocycles. The Balaban J connectivity index is 1.84. The lowest BCUT2D eigenvalue weighted by Crippen LogP contribution is -2.57. The van der Waals surface area contributed by atoms with E-state index >= 15 is 0 Å². The van der Waals surface area contributed by atoms with E-state index in [1.807, 2.05) is 0 Å². The lowest BCUT2D eigenvalue weighted by molar-refractivity contribution is -0.139. The van der Waals surface area contributed by atoms with Crippen molar-refractivity contribution in [3.63, 3.8) is 0 Å². The first kappa shape index (κ1) is 16.0. The highest BCUT2D eigenvalue weighted by molar-refractivity contribution is 5.82. The van der Waals surface area contributed by atoms with E-state index in [0.717, 1.165) is 25.7 Å². The number of nitrogens with one attached hydrogen (secondary N) is 2. The Hall–Kier alpha value is -1.34. The maximum Gasteiger partial charge on any atom is 0.326 e. The van der Waals surface area contributed by atoms with Crippen molar-refractivity contribution in [1.82, 2.24) is 15.5 Å². The number of fused-ring (bicyclic) bond motifs is 2. The molecule has 7 heteroatoms. The first-order chi connectivity index (χ1) is 10.0. The van der Waals surface area contributed by atoms with E-state index in [4.69, 9.17) is 10.2 Å². The van der Waals surface area contributed by atoms with Gasteiger partial charge in [-0.1, -0.05) is 6.42 Å². The molecule has 21 heavy (non-hydrogen) atoms. The zero-order valence-corrected chi connectivity index (χ0v) is 12.4. The number of carbonyl (C=O) groups is 2. The largest absolute Gasteiger partial charge is 0.480 e. The van der Waals surface area contributed by atoms with Gasteiger partial charge in [-0.2, -0.15) is 0 Å². The van der Waals surface area contributed by atoms with Gasteiger partial charge < -0.3 is 25.7 Å². The summed E-state index contributed by atoms with van der Waals surface area (Å²) < 4.78 is 0. The van der Waals surface area contributed by atoms with E-state index < -0.39 is 18.0 Å². The van der Waals surface area contributed by atoms with Crippen LogP contribution in [0.5, 0.6) is 0 Å². The minimum absolute atomic E-state index is 0.0153. The predicted molar refractivity (Wildman–Crippen MR) is 77.0 cm³/mol. The summed E-state index contributed by atoms with van der Waals surface area (Å²) >= 11 is 0. The number of aliphatic hydroxyl groups excluding tert-OH is 1. The number of urea groups is 1. The molecule has 120 valence electrons. The molecular formula is C14H25N3O4. The van der Waals surface area contributed by atoms with Crippen molar-refractivity contribution in [3.8, 4) is 0 Å². The highest BCUT2D eigenvalue weighted by Crippen LogP contribution is 2.32. The van der Waals surface area contributed by atoms with Crippen molar-refractivity contribution in [3.05, 3.63) is 0 Å². The van der Waals surface area contributed by atoms with Crippen LogP contribution in [0.4, 0.5) is 4.79 Å². The number of amides is 2. The van der Waals surface area contributed by atoms with Crippen molar-refractivity contribution in [2.24, 2.45) is 0 Å². The summed E-state index contributed by atoms with van der Waals surface area (Å²) in [7, 11) is 2.15. The van der Waals surface area contributed by atoms with Gasteiger partial charge in [0, 0.05) is 31.2 Å². The van der Waals surface area contributed by atoms with Crippen molar-refractivity contribution in [2.45, 2.75) is 62.7 Å². The predicted octanol–water partition coefficient (Wildman–Crippen LogP) is 0.137. The number of aliphatic carboxylic acids is 1. The number of rotatable bonds is 5. The Morgan fingerprint density at radius 3 is 2.43 bits per heavy atom. The van der Waals surface area contributed by atoms with Gasteiger partial charge in [0.2, 0.25) is 0 Å². The molecule has 3 atom stereocenters. The van der Waals surface area contributed by atoms with Crippen LogP contribution in [-0.4, -0.2) is 64.9 Å². The molecule has 0 aromatic rings. The normalized spacial score (nSPS) is 30.5. The van der Waals surface area contributed by atoms with Crippen LogP contribution in [0.2, 0.25) is 0 Å². The van der Waals surface area contributed by atoms with Crippen LogP contribution in [0.1, 0.15) is 38.5 Å². The standard InChI is InChI=1S/C14H25N3O4/c1-17-10-3-2-4-11(17)8-9(7-10)15-14(21)16-12(5-6-18)13(19)20/h9-12,18H,2-8H2,1H3,(H,19,20)(H2,15,16,21). The molecule has 0 aliphatic carbocycles. The van der Waals surface area contributed by atoms with Crippen LogP contribution in [0.25, 0.3) is 0 Å². The molecule has 2 amide bonds. The fourth-order valence-corrected chi connectivity index (χ4v) is 3.51. The fourth-order valence-electron chi connectivity index (χ4n) is 3.51. The molecule has 2 fully saturated rings. The van der Waals surface area contributed by atoms with Gasteiger partial charge in [0.1, 0.15) is 6.04 Å². The topological polar surface area (TPSA) is 102 Å². The van der Waals surface area contributed by atoms with E-state index in [9.17, 15) is 9.59 Å². The number of carboxylic acids is 1. The SMILES string of the molecule is CN1C2CCCC1CC(NC(=O)NC(CCO)C(=O)O)C2. The summed E-state index contributed by atoms with van der Waals surface area (Å²) in [5.41, 5.74) is 0. The summed E-state index contributed by atoms with van der Waals surface area (Å²) in [6, 6.07) is -0.379. The maximum atomic E-state index is 11.9. The molecule has 2 saturated heterocycles. The average molecular weight is 299 g/mol. The quantitative estimate of drug-likeness (QED) is 0.578. The maximum absolute atomic E-state index is 11.9. The minimum Gasteiger partial charge on any atom is -0.480 e. The van der Waals surface area contributed by atoms with E-state index in [2.05, 4.69) is 22.6 Å². The lowest BCUT2D eigenvalue weighted by Gasteiger charge is -2.47. The second kappa shape index (κ2) is 7.09. The summed E-state index contributed by atoms with van der Waals surface area (Å²) in [5, 5.41) is 23.1. The van der Waals surface area contributed by atoms with E-state index in [1.165, 1.54) is 6.42 Å². The molecule has 0 spiro atoms. The number of piperidine rings is 2. The second-order valence-electron chi connectivity index (χ2n) is 6.09. The molecule has 2 aliphatic heterocycles. The van der Waals surface area contributed by atoms with Gasteiger partial charge >= 0.3 is 12.0 Å². The number of carboxylic acid groups (broad SMARTS) is 1. The molecular weight excluding hydrogens is 274 g/mol. The number of carbonyl (C=O) groups excluding carboxylic acids is 1.